The van der Waals surface area contributed by atoms with E-state index in [9.17, 15) is 8.42 Å². The Morgan fingerprint density at radius 1 is 1.38 bits per heavy atom. The lowest BCUT2D eigenvalue weighted by molar-refractivity contribution is 0.0384. The van der Waals surface area contributed by atoms with Crippen molar-refractivity contribution in [2.24, 2.45) is 0 Å². The van der Waals surface area contributed by atoms with Crippen molar-refractivity contribution in [3.8, 4) is 0 Å². The Balaban J connectivity index is 2.20. The minimum Gasteiger partial charge on any atom is -0.375 e. The first-order valence-corrected chi connectivity index (χ1v) is 8.81. The predicted octanol–water partition coefficient (Wildman–Crippen LogP) is 2.27. The number of nitrogens with zero attached hydrogens (tertiary/aromatic N) is 2. The van der Waals surface area contributed by atoms with Gasteiger partial charge < -0.3 is 9.64 Å². The number of morpholine rings is 1. The summed E-state index contributed by atoms with van der Waals surface area (Å²) >= 11 is 0. The van der Waals surface area contributed by atoms with Gasteiger partial charge in [-0.15, -0.1) is 0 Å². The summed E-state index contributed by atoms with van der Waals surface area (Å²) in [6.45, 7) is 9.49. The predicted molar refractivity (Wildman–Crippen MR) is 83.4 cm³/mol. The molecule has 1 aliphatic heterocycles. The molecule has 1 aromatic heterocycles. The third-order valence-electron chi connectivity index (χ3n) is 3.76. The summed E-state index contributed by atoms with van der Waals surface area (Å²) in [5.41, 5.74) is 0.949. The van der Waals surface area contributed by atoms with E-state index < -0.39 is 14.6 Å². The van der Waals surface area contributed by atoms with Crippen molar-refractivity contribution < 1.29 is 13.2 Å². The van der Waals surface area contributed by atoms with Crippen LogP contribution in [0, 0.1) is 0 Å². The van der Waals surface area contributed by atoms with E-state index in [1.54, 1.807) is 33.0 Å². The number of hydrogen-bond donors (Lipinski definition) is 0. The van der Waals surface area contributed by atoms with Crippen LogP contribution in [-0.4, -0.2) is 43.9 Å². The van der Waals surface area contributed by atoms with Crippen molar-refractivity contribution in [1.29, 1.82) is 0 Å². The van der Waals surface area contributed by atoms with Crippen molar-refractivity contribution in [2.75, 3.05) is 24.6 Å². The van der Waals surface area contributed by atoms with Crippen molar-refractivity contribution in [3.05, 3.63) is 18.3 Å². The van der Waals surface area contributed by atoms with Gasteiger partial charge in [0, 0.05) is 13.1 Å². The average molecular weight is 312 g/mol. The zero-order valence-corrected chi connectivity index (χ0v) is 14.0. The maximum Gasteiger partial charge on any atom is 0.200 e. The Morgan fingerprint density at radius 3 is 2.62 bits per heavy atom. The minimum absolute atomic E-state index is 0.138. The molecule has 0 saturated carbocycles. The summed E-state index contributed by atoms with van der Waals surface area (Å²) in [7, 11) is -3.39. The first-order chi connectivity index (χ1) is 9.75. The van der Waals surface area contributed by atoms with E-state index in [4.69, 9.17) is 4.74 Å². The molecular weight excluding hydrogens is 288 g/mol. The number of anilines is 1. The highest BCUT2D eigenvalue weighted by Crippen LogP contribution is 2.25. The van der Waals surface area contributed by atoms with E-state index in [0.717, 1.165) is 25.2 Å². The van der Waals surface area contributed by atoms with E-state index in [2.05, 4.69) is 16.8 Å². The molecule has 1 fully saturated rings. The highest BCUT2D eigenvalue weighted by molar-refractivity contribution is 7.92. The molecule has 2 heterocycles. The molecule has 0 bridgehead atoms. The molecule has 1 saturated heterocycles. The molecule has 118 valence electrons. The molecule has 1 atom stereocenters. The third kappa shape index (κ3) is 3.37. The zero-order valence-electron chi connectivity index (χ0n) is 13.2. The van der Waals surface area contributed by atoms with Crippen LogP contribution >= 0.6 is 0 Å². The van der Waals surface area contributed by atoms with E-state index >= 15 is 0 Å². The molecular formula is C15H24N2O3S. The van der Waals surface area contributed by atoms with Crippen LogP contribution in [0.3, 0.4) is 0 Å². The highest BCUT2D eigenvalue weighted by atomic mass is 32.2. The highest BCUT2D eigenvalue weighted by Gasteiger charge is 2.32. The Kier molecular flexibility index (Phi) is 4.58. The Bertz CT molecular complexity index is 576. The Hall–Kier alpha value is -1.14. The molecule has 21 heavy (non-hydrogen) atoms. The van der Waals surface area contributed by atoms with Crippen LogP contribution in [0.25, 0.3) is 0 Å². The van der Waals surface area contributed by atoms with Crippen LogP contribution in [0.1, 0.15) is 34.1 Å². The topological polar surface area (TPSA) is 59.5 Å². The number of pyridine rings is 1. The quantitative estimate of drug-likeness (QED) is 0.857. The second-order valence-electron chi connectivity index (χ2n) is 6.32. The summed E-state index contributed by atoms with van der Waals surface area (Å²) in [5.74, 6) is 0. The van der Waals surface area contributed by atoms with E-state index in [-0.39, 0.29) is 11.1 Å². The fourth-order valence-electron chi connectivity index (χ4n) is 2.23. The largest absolute Gasteiger partial charge is 0.375 e. The summed E-state index contributed by atoms with van der Waals surface area (Å²) in [6, 6.07) is 3.44. The fourth-order valence-corrected chi connectivity index (χ4v) is 3.30. The molecule has 0 aliphatic carbocycles. The molecule has 0 radical (unpaired) electrons. The molecule has 5 nitrogen and oxygen atoms in total. The number of rotatable bonds is 3. The fraction of sp³-hybridized carbons (Fsp3) is 0.667. The Labute approximate surface area is 127 Å². The number of hydrogen-bond acceptors (Lipinski definition) is 5. The molecule has 0 N–H and O–H groups in total. The lowest BCUT2D eigenvalue weighted by Gasteiger charge is -2.34. The van der Waals surface area contributed by atoms with E-state index in [1.807, 2.05) is 6.07 Å². The van der Waals surface area contributed by atoms with Gasteiger partial charge in [0.2, 0.25) is 0 Å². The van der Waals surface area contributed by atoms with E-state index in [1.165, 1.54) is 0 Å². The lowest BCUT2D eigenvalue weighted by atomic mass is 10.2. The van der Waals surface area contributed by atoms with Gasteiger partial charge in [0.25, 0.3) is 0 Å². The second-order valence-corrected chi connectivity index (χ2v) is 8.97. The molecule has 2 rings (SSSR count). The first kappa shape index (κ1) is 16.2. The maximum atomic E-state index is 12.3. The van der Waals surface area contributed by atoms with Crippen LogP contribution in [0.15, 0.2) is 23.4 Å². The molecule has 0 amide bonds. The zero-order chi connectivity index (χ0) is 15.7. The molecule has 0 aromatic carbocycles. The van der Waals surface area contributed by atoms with Gasteiger partial charge >= 0.3 is 0 Å². The normalized spacial score (nSPS) is 20.6. The van der Waals surface area contributed by atoms with Gasteiger partial charge in [-0.1, -0.05) is 6.92 Å². The van der Waals surface area contributed by atoms with Crippen molar-refractivity contribution in [1.82, 2.24) is 4.98 Å². The molecule has 1 aromatic rings. The van der Waals surface area contributed by atoms with Crippen LogP contribution in [-0.2, 0) is 14.6 Å². The maximum absolute atomic E-state index is 12.3. The van der Waals surface area contributed by atoms with Gasteiger partial charge in [-0.3, -0.25) is 0 Å². The summed E-state index contributed by atoms with van der Waals surface area (Å²) in [6.07, 6.45) is 2.86. The molecule has 0 spiro atoms. The summed E-state index contributed by atoms with van der Waals surface area (Å²) < 4.78 is 29.5. The third-order valence-corrected chi connectivity index (χ3v) is 6.17. The summed E-state index contributed by atoms with van der Waals surface area (Å²) in [4.78, 5) is 6.37. The van der Waals surface area contributed by atoms with Gasteiger partial charge in [0.05, 0.1) is 29.3 Å². The SMILES string of the molecule is CC[C@H]1CN(c2ccc(S(=O)(=O)C(C)(C)C)nc2)CCO1. The number of sulfone groups is 1. The van der Waals surface area contributed by atoms with Crippen LogP contribution in [0.5, 0.6) is 0 Å². The van der Waals surface area contributed by atoms with Gasteiger partial charge in [0.1, 0.15) is 0 Å². The number of ether oxygens (including phenoxy) is 1. The monoisotopic (exact) mass is 312 g/mol. The van der Waals surface area contributed by atoms with Gasteiger partial charge in [-0.05, 0) is 39.3 Å². The number of aromatic nitrogens is 1. The lowest BCUT2D eigenvalue weighted by Crippen LogP contribution is -2.42. The average Bonchev–Trinajstić information content (AvgIpc) is 2.46. The molecule has 6 heteroatoms. The van der Waals surface area contributed by atoms with Gasteiger partial charge in [0.15, 0.2) is 14.9 Å². The van der Waals surface area contributed by atoms with Gasteiger partial charge in [-0.2, -0.15) is 0 Å². The van der Waals surface area contributed by atoms with Gasteiger partial charge in [-0.25, -0.2) is 13.4 Å². The minimum atomic E-state index is -3.39. The first-order valence-electron chi connectivity index (χ1n) is 7.33. The second kappa shape index (κ2) is 5.93. The van der Waals surface area contributed by atoms with Crippen molar-refractivity contribution >= 4 is 15.5 Å². The van der Waals surface area contributed by atoms with Crippen LogP contribution in [0.2, 0.25) is 0 Å². The van der Waals surface area contributed by atoms with Crippen LogP contribution < -0.4 is 4.90 Å². The van der Waals surface area contributed by atoms with E-state index in [0.29, 0.717) is 6.61 Å². The van der Waals surface area contributed by atoms with Crippen molar-refractivity contribution in [3.63, 3.8) is 0 Å². The smallest absolute Gasteiger partial charge is 0.200 e. The van der Waals surface area contributed by atoms with Crippen LogP contribution in [0.4, 0.5) is 5.69 Å². The Morgan fingerprint density at radius 2 is 2.10 bits per heavy atom. The molecule has 1 aliphatic rings. The summed E-state index contributed by atoms with van der Waals surface area (Å²) in [5, 5.41) is 0.138. The molecule has 0 unspecified atom stereocenters. The standard InChI is InChI=1S/C15H24N2O3S/c1-5-13-11-17(8-9-20-13)12-6-7-14(16-10-12)21(18,19)15(2,3)4/h6-7,10,13H,5,8-9,11H2,1-4H3/t13-/m0/s1. The van der Waals surface area contributed by atoms with Crippen molar-refractivity contribution in [2.45, 2.75) is 50.0 Å².